The van der Waals surface area contributed by atoms with Crippen LogP contribution in [0.3, 0.4) is 0 Å². The Kier molecular flexibility index (Phi) is 6.07. The predicted octanol–water partition coefficient (Wildman–Crippen LogP) is 3.17. The van der Waals surface area contributed by atoms with Crippen LogP contribution in [0.4, 0.5) is 0 Å². The Labute approximate surface area is 129 Å². The maximum atomic E-state index is 5.92. The molecule has 1 aliphatic heterocycles. The smallest absolute Gasteiger partial charge is 0.119 e. The van der Waals surface area contributed by atoms with Crippen molar-refractivity contribution < 1.29 is 4.74 Å². The third-order valence-corrected chi connectivity index (χ3v) is 4.48. The zero-order valence-electron chi connectivity index (χ0n) is 13.8. The molecule has 0 bridgehead atoms. The van der Waals surface area contributed by atoms with E-state index in [2.05, 4.69) is 43.9 Å². The van der Waals surface area contributed by atoms with Gasteiger partial charge in [0.15, 0.2) is 0 Å². The van der Waals surface area contributed by atoms with Gasteiger partial charge in [0.25, 0.3) is 0 Å². The third-order valence-electron chi connectivity index (χ3n) is 4.48. The lowest BCUT2D eigenvalue weighted by atomic mass is 9.98. The number of likely N-dealkylation sites (tertiary alicyclic amines) is 1. The van der Waals surface area contributed by atoms with Crippen LogP contribution >= 0.6 is 0 Å². The maximum absolute atomic E-state index is 5.92. The topological polar surface area (TPSA) is 38.5 Å². The molecule has 3 nitrogen and oxygen atoms in total. The molecule has 1 unspecified atom stereocenters. The molecule has 3 heteroatoms. The summed E-state index contributed by atoms with van der Waals surface area (Å²) >= 11 is 0. The second-order valence-corrected chi connectivity index (χ2v) is 6.57. The number of hydrogen-bond acceptors (Lipinski definition) is 3. The van der Waals surface area contributed by atoms with Crippen LogP contribution in [0.25, 0.3) is 0 Å². The van der Waals surface area contributed by atoms with Crippen LogP contribution in [-0.4, -0.2) is 37.7 Å². The highest BCUT2D eigenvalue weighted by Crippen LogP contribution is 2.23. The lowest BCUT2D eigenvalue weighted by Gasteiger charge is -2.31. The van der Waals surface area contributed by atoms with Gasteiger partial charge in [-0.15, -0.1) is 0 Å². The summed E-state index contributed by atoms with van der Waals surface area (Å²) in [7, 11) is 0. The molecule has 0 spiro atoms. The molecule has 1 atom stereocenters. The average molecular weight is 290 g/mol. The first kappa shape index (κ1) is 16.3. The lowest BCUT2D eigenvalue weighted by Crippen LogP contribution is -2.40. The van der Waals surface area contributed by atoms with Crippen LogP contribution in [0.1, 0.15) is 43.7 Å². The van der Waals surface area contributed by atoms with Crippen molar-refractivity contribution >= 4 is 0 Å². The molecule has 0 aromatic heterocycles. The van der Waals surface area contributed by atoms with Crippen LogP contribution in [0.15, 0.2) is 18.2 Å². The number of nitrogens with two attached hydrogens (primary N) is 1. The normalized spacial score (nSPS) is 20.0. The van der Waals surface area contributed by atoms with Gasteiger partial charge in [0, 0.05) is 13.1 Å². The zero-order valence-corrected chi connectivity index (χ0v) is 13.8. The Morgan fingerprint density at radius 1 is 1.38 bits per heavy atom. The van der Waals surface area contributed by atoms with Crippen molar-refractivity contribution in [2.45, 2.75) is 39.5 Å². The highest BCUT2D eigenvalue weighted by Gasteiger charge is 2.18. The standard InChI is InChI=1S/C18H30N2O/c1-14(2)18-7-6-17(11-15(18)3)21-10-9-20-8-4-5-16(12-19)13-20/h6-7,11,14,16H,4-5,8-10,12-13,19H2,1-3H3. The molecule has 2 rings (SSSR count). The molecule has 21 heavy (non-hydrogen) atoms. The van der Waals surface area contributed by atoms with E-state index >= 15 is 0 Å². The van der Waals surface area contributed by atoms with Gasteiger partial charge in [-0.25, -0.2) is 0 Å². The van der Waals surface area contributed by atoms with Gasteiger partial charge in [0.1, 0.15) is 12.4 Å². The van der Waals surface area contributed by atoms with Crippen LogP contribution in [0.2, 0.25) is 0 Å². The van der Waals surface area contributed by atoms with E-state index in [0.717, 1.165) is 32.0 Å². The fourth-order valence-electron chi connectivity index (χ4n) is 3.23. The summed E-state index contributed by atoms with van der Waals surface area (Å²) in [4.78, 5) is 2.48. The molecule has 1 aromatic rings. The van der Waals surface area contributed by atoms with Gasteiger partial charge in [-0.05, 0) is 68.0 Å². The molecular weight excluding hydrogens is 260 g/mol. The highest BCUT2D eigenvalue weighted by atomic mass is 16.5. The molecule has 1 fully saturated rings. The largest absolute Gasteiger partial charge is 0.492 e. The summed E-state index contributed by atoms with van der Waals surface area (Å²) < 4.78 is 5.92. The Morgan fingerprint density at radius 2 is 2.19 bits per heavy atom. The molecule has 0 radical (unpaired) electrons. The molecular formula is C18H30N2O. The molecule has 1 heterocycles. The summed E-state index contributed by atoms with van der Waals surface area (Å²) in [5.41, 5.74) is 8.51. The summed E-state index contributed by atoms with van der Waals surface area (Å²) in [5.74, 6) is 2.23. The molecule has 0 saturated carbocycles. The van der Waals surface area contributed by atoms with Crippen LogP contribution in [-0.2, 0) is 0 Å². The Hall–Kier alpha value is -1.06. The Morgan fingerprint density at radius 3 is 2.86 bits per heavy atom. The van der Waals surface area contributed by atoms with Crippen molar-refractivity contribution in [2.24, 2.45) is 11.7 Å². The van der Waals surface area contributed by atoms with E-state index in [1.165, 1.54) is 30.5 Å². The summed E-state index contributed by atoms with van der Waals surface area (Å²) in [6.45, 7) is 11.5. The summed E-state index contributed by atoms with van der Waals surface area (Å²) in [5, 5.41) is 0. The van der Waals surface area contributed by atoms with E-state index in [1.54, 1.807) is 0 Å². The van der Waals surface area contributed by atoms with Gasteiger partial charge in [-0.3, -0.25) is 4.90 Å². The van der Waals surface area contributed by atoms with Crippen LogP contribution in [0, 0.1) is 12.8 Å². The van der Waals surface area contributed by atoms with E-state index in [-0.39, 0.29) is 0 Å². The minimum Gasteiger partial charge on any atom is -0.492 e. The van der Waals surface area contributed by atoms with Crippen LogP contribution in [0.5, 0.6) is 5.75 Å². The monoisotopic (exact) mass is 290 g/mol. The number of ether oxygens (including phenoxy) is 1. The van der Waals surface area contributed by atoms with Gasteiger partial charge >= 0.3 is 0 Å². The van der Waals surface area contributed by atoms with Gasteiger partial charge in [-0.2, -0.15) is 0 Å². The number of piperidine rings is 1. The molecule has 0 aliphatic carbocycles. The number of benzene rings is 1. The third kappa shape index (κ3) is 4.72. The summed E-state index contributed by atoms with van der Waals surface area (Å²) in [6, 6.07) is 6.45. The van der Waals surface area contributed by atoms with E-state index in [4.69, 9.17) is 10.5 Å². The second-order valence-electron chi connectivity index (χ2n) is 6.57. The molecule has 2 N–H and O–H groups in total. The van der Waals surface area contributed by atoms with Crippen molar-refractivity contribution in [3.63, 3.8) is 0 Å². The van der Waals surface area contributed by atoms with E-state index in [0.29, 0.717) is 11.8 Å². The first-order valence-electron chi connectivity index (χ1n) is 8.26. The minimum atomic E-state index is 0.570. The van der Waals surface area contributed by atoms with Crippen molar-refractivity contribution in [2.75, 3.05) is 32.8 Å². The van der Waals surface area contributed by atoms with Crippen molar-refractivity contribution in [1.82, 2.24) is 4.90 Å². The first-order chi connectivity index (χ1) is 10.1. The first-order valence-corrected chi connectivity index (χ1v) is 8.26. The zero-order chi connectivity index (χ0) is 15.2. The lowest BCUT2D eigenvalue weighted by molar-refractivity contribution is 0.149. The predicted molar refractivity (Wildman–Crippen MR) is 89.0 cm³/mol. The second kappa shape index (κ2) is 7.81. The highest BCUT2D eigenvalue weighted by molar-refractivity contribution is 5.36. The number of rotatable bonds is 6. The van der Waals surface area contributed by atoms with E-state index in [1.807, 2.05) is 0 Å². The van der Waals surface area contributed by atoms with Gasteiger partial charge in [0.05, 0.1) is 0 Å². The van der Waals surface area contributed by atoms with Crippen molar-refractivity contribution in [3.8, 4) is 5.75 Å². The molecule has 0 amide bonds. The Balaban J connectivity index is 1.79. The van der Waals surface area contributed by atoms with Crippen molar-refractivity contribution in [1.29, 1.82) is 0 Å². The quantitative estimate of drug-likeness (QED) is 0.874. The number of nitrogens with zero attached hydrogens (tertiary/aromatic N) is 1. The van der Waals surface area contributed by atoms with Gasteiger partial charge < -0.3 is 10.5 Å². The number of hydrogen-bond donors (Lipinski definition) is 1. The van der Waals surface area contributed by atoms with E-state index in [9.17, 15) is 0 Å². The molecule has 1 saturated heterocycles. The molecule has 1 aromatic carbocycles. The Bertz CT molecular complexity index is 445. The van der Waals surface area contributed by atoms with E-state index < -0.39 is 0 Å². The molecule has 1 aliphatic rings. The number of aryl methyl sites for hydroxylation is 1. The van der Waals surface area contributed by atoms with Gasteiger partial charge in [-0.1, -0.05) is 19.9 Å². The minimum absolute atomic E-state index is 0.570. The SMILES string of the molecule is Cc1cc(OCCN2CCCC(CN)C2)ccc1C(C)C. The average Bonchev–Trinajstić information content (AvgIpc) is 2.47. The molecule has 118 valence electrons. The fourth-order valence-corrected chi connectivity index (χ4v) is 3.23. The van der Waals surface area contributed by atoms with Gasteiger partial charge in [0.2, 0.25) is 0 Å². The summed E-state index contributed by atoms with van der Waals surface area (Å²) in [6.07, 6.45) is 2.55. The van der Waals surface area contributed by atoms with Crippen LogP contribution < -0.4 is 10.5 Å². The van der Waals surface area contributed by atoms with Crippen molar-refractivity contribution in [3.05, 3.63) is 29.3 Å². The fraction of sp³-hybridized carbons (Fsp3) is 0.667. The maximum Gasteiger partial charge on any atom is 0.119 e.